The molecule has 0 aromatic heterocycles. The van der Waals surface area contributed by atoms with Crippen LogP contribution in [0.25, 0.3) is 0 Å². The molecule has 110 valence electrons. The van der Waals surface area contributed by atoms with Gasteiger partial charge in [0.05, 0.1) is 7.11 Å². The van der Waals surface area contributed by atoms with Crippen LogP contribution >= 0.6 is 0 Å². The molecular formula is C17H25NO2. The monoisotopic (exact) mass is 275 g/mol. The van der Waals surface area contributed by atoms with E-state index < -0.39 is 0 Å². The molecule has 0 radical (unpaired) electrons. The Hall–Kier alpha value is -1.51. The number of hydrogen-bond acceptors (Lipinski definition) is 3. The number of Topliss-reactive ketones (excluding diaryl/α,β-unsaturated/α-hetero) is 1. The molecule has 0 heterocycles. The lowest BCUT2D eigenvalue weighted by Gasteiger charge is -2.34. The summed E-state index contributed by atoms with van der Waals surface area (Å²) in [5.41, 5.74) is 1.13. The van der Waals surface area contributed by atoms with Crippen molar-refractivity contribution >= 4 is 11.5 Å². The summed E-state index contributed by atoms with van der Waals surface area (Å²) in [6.07, 6.45) is 1.90. The number of nitrogens with zero attached hydrogens (tertiary/aromatic N) is 1. The third-order valence-corrected chi connectivity index (χ3v) is 4.41. The number of carbonyl (C=O) groups excluding carboxylic acids is 1. The van der Waals surface area contributed by atoms with Gasteiger partial charge in [-0.05, 0) is 42.5 Å². The molecule has 1 fully saturated rings. The second-order valence-electron chi connectivity index (χ2n) is 6.17. The molecule has 0 amide bonds. The standard InChI is InChI=1S/C17H25NO2/c1-12-9-13(2)16(17(19)10-12)11-18(3)14-5-7-15(20-4)8-6-14/h5-8,12-13,16H,9-11H2,1-4H3. The molecular weight excluding hydrogens is 250 g/mol. The van der Waals surface area contributed by atoms with Gasteiger partial charge in [-0.1, -0.05) is 13.8 Å². The predicted octanol–water partition coefficient (Wildman–Crippen LogP) is 3.38. The molecule has 0 saturated heterocycles. The molecule has 20 heavy (non-hydrogen) atoms. The fourth-order valence-electron chi connectivity index (χ4n) is 3.21. The highest BCUT2D eigenvalue weighted by molar-refractivity contribution is 5.83. The maximum Gasteiger partial charge on any atom is 0.138 e. The van der Waals surface area contributed by atoms with Crippen LogP contribution in [0.4, 0.5) is 5.69 Å². The zero-order valence-electron chi connectivity index (χ0n) is 12.9. The van der Waals surface area contributed by atoms with E-state index in [0.717, 1.165) is 30.8 Å². The van der Waals surface area contributed by atoms with Crippen molar-refractivity contribution in [2.24, 2.45) is 17.8 Å². The summed E-state index contributed by atoms with van der Waals surface area (Å²) >= 11 is 0. The molecule has 0 bridgehead atoms. The summed E-state index contributed by atoms with van der Waals surface area (Å²) in [6.45, 7) is 5.19. The van der Waals surface area contributed by atoms with Crippen LogP contribution in [0.2, 0.25) is 0 Å². The number of rotatable bonds is 4. The molecule has 1 aromatic rings. The fraction of sp³-hybridized carbons (Fsp3) is 0.588. The summed E-state index contributed by atoms with van der Waals surface area (Å²) in [5, 5.41) is 0. The van der Waals surface area contributed by atoms with Gasteiger partial charge in [0, 0.05) is 31.6 Å². The Labute approximate surface area is 121 Å². The molecule has 1 aromatic carbocycles. The lowest BCUT2D eigenvalue weighted by atomic mass is 9.74. The second kappa shape index (κ2) is 6.29. The van der Waals surface area contributed by atoms with Gasteiger partial charge in [0.1, 0.15) is 11.5 Å². The van der Waals surface area contributed by atoms with Crippen LogP contribution in [0.5, 0.6) is 5.75 Å². The Kier molecular flexibility index (Phi) is 4.69. The molecule has 0 N–H and O–H groups in total. The van der Waals surface area contributed by atoms with Gasteiger partial charge in [0.2, 0.25) is 0 Å². The maximum absolute atomic E-state index is 12.2. The first-order valence-electron chi connectivity index (χ1n) is 7.39. The first-order chi connectivity index (χ1) is 9.51. The Morgan fingerprint density at radius 3 is 2.45 bits per heavy atom. The highest BCUT2D eigenvalue weighted by Gasteiger charge is 2.32. The smallest absolute Gasteiger partial charge is 0.138 e. The minimum absolute atomic E-state index is 0.165. The van der Waals surface area contributed by atoms with E-state index in [9.17, 15) is 4.79 Å². The van der Waals surface area contributed by atoms with Crippen LogP contribution in [0.3, 0.4) is 0 Å². The third-order valence-electron chi connectivity index (χ3n) is 4.41. The largest absolute Gasteiger partial charge is 0.497 e. The SMILES string of the molecule is COc1ccc(N(C)CC2C(=O)CC(C)CC2C)cc1. The van der Waals surface area contributed by atoms with E-state index >= 15 is 0 Å². The molecule has 0 aliphatic heterocycles. The molecule has 1 aliphatic carbocycles. The number of ether oxygens (including phenoxy) is 1. The van der Waals surface area contributed by atoms with Crippen molar-refractivity contribution < 1.29 is 9.53 Å². The van der Waals surface area contributed by atoms with E-state index in [-0.39, 0.29) is 5.92 Å². The minimum atomic E-state index is 0.165. The van der Waals surface area contributed by atoms with Crippen molar-refractivity contribution in [3.8, 4) is 5.75 Å². The first-order valence-corrected chi connectivity index (χ1v) is 7.39. The molecule has 3 nitrogen and oxygen atoms in total. The number of hydrogen-bond donors (Lipinski definition) is 0. The Morgan fingerprint density at radius 1 is 1.25 bits per heavy atom. The number of anilines is 1. The Morgan fingerprint density at radius 2 is 1.90 bits per heavy atom. The number of methoxy groups -OCH3 is 1. The van der Waals surface area contributed by atoms with E-state index in [2.05, 4.69) is 25.8 Å². The second-order valence-corrected chi connectivity index (χ2v) is 6.17. The quantitative estimate of drug-likeness (QED) is 0.843. The van der Waals surface area contributed by atoms with E-state index in [1.807, 2.05) is 24.3 Å². The molecule has 3 unspecified atom stereocenters. The minimum Gasteiger partial charge on any atom is -0.497 e. The maximum atomic E-state index is 12.2. The molecule has 1 saturated carbocycles. The fourth-order valence-corrected chi connectivity index (χ4v) is 3.21. The van der Waals surface area contributed by atoms with Gasteiger partial charge >= 0.3 is 0 Å². The number of carbonyl (C=O) groups is 1. The predicted molar refractivity (Wildman–Crippen MR) is 82.3 cm³/mol. The van der Waals surface area contributed by atoms with Gasteiger partial charge in [-0.15, -0.1) is 0 Å². The highest BCUT2D eigenvalue weighted by atomic mass is 16.5. The molecule has 3 atom stereocenters. The molecule has 1 aliphatic rings. The van der Waals surface area contributed by atoms with Crippen LogP contribution in [0, 0.1) is 17.8 Å². The van der Waals surface area contributed by atoms with Gasteiger partial charge in [-0.3, -0.25) is 4.79 Å². The van der Waals surface area contributed by atoms with Gasteiger partial charge in [0.15, 0.2) is 0 Å². The number of ketones is 1. The van der Waals surface area contributed by atoms with Crippen LogP contribution in [0.15, 0.2) is 24.3 Å². The van der Waals surface area contributed by atoms with E-state index in [1.165, 1.54) is 0 Å². The lowest BCUT2D eigenvalue weighted by molar-refractivity contribution is -0.127. The summed E-state index contributed by atoms with van der Waals surface area (Å²) in [4.78, 5) is 14.4. The average molecular weight is 275 g/mol. The topological polar surface area (TPSA) is 29.5 Å². The highest BCUT2D eigenvalue weighted by Crippen LogP contribution is 2.32. The Balaban J connectivity index is 2.02. The zero-order valence-corrected chi connectivity index (χ0v) is 12.9. The molecule has 0 spiro atoms. The van der Waals surface area contributed by atoms with Gasteiger partial charge < -0.3 is 9.64 Å². The zero-order chi connectivity index (χ0) is 14.7. The Bertz CT molecular complexity index is 455. The first kappa shape index (κ1) is 14.9. The molecule has 3 heteroatoms. The summed E-state index contributed by atoms with van der Waals surface area (Å²) in [5.74, 6) is 2.47. The van der Waals surface area contributed by atoms with Crippen molar-refractivity contribution in [1.82, 2.24) is 0 Å². The summed E-state index contributed by atoms with van der Waals surface area (Å²) in [7, 11) is 3.72. The summed E-state index contributed by atoms with van der Waals surface area (Å²) < 4.78 is 5.17. The van der Waals surface area contributed by atoms with Gasteiger partial charge in [-0.2, -0.15) is 0 Å². The average Bonchev–Trinajstić information content (AvgIpc) is 2.42. The van der Waals surface area contributed by atoms with Crippen molar-refractivity contribution in [2.75, 3.05) is 25.6 Å². The van der Waals surface area contributed by atoms with E-state index in [1.54, 1.807) is 7.11 Å². The van der Waals surface area contributed by atoms with Crippen LogP contribution in [-0.2, 0) is 4.79 Å². The van der Waals surface area contributed by atoms with Gasteiger partial charge in [0.25, 0.3) is 0 Å². The van der Waals surface area contributed by atoms with Crippen molar-refractivity contribution in [3.05, 3.63) is 24.3 Å². The van der Waals surface area contributed by atoms with Crippen molar-refractivity contribution in [2.45, 2.75) is 26.7 Å². The summed E-state index contributed by atoms with van der Waals surface area (Å²) in [6, 6.07) is 8.00. The molecule has 2 rings (SSSR count). The van der Waals surface area contributed by atoms with Crippen molar-refractivity contribution in [1.29, 1.82) is 0 Å². The van der Waals surface area contributed by atoms with E-state index in [0.29, 0.717) is 17.6 Å². The van der Waals surface area contributed by atoms with Crippen molar-refractivity contribution in [3.63, 3.8) is 0 Å². The van der Waals surface area contributed by atoms with Gasteiger partial charge in [-0.25, -0.2) is 0 Å². The van der Waals surface area contributed by atoms with Crippen LogP contribution in [0.1, 0.15) is 26.7 Å². The van der Waals surface area contributed by atoms with Crippen LogP contribution in [-0.4, -0.2) is 26.5 Å². The van der Waals surface area contributed by atoms with Crippen LogP contribution < -0.4 is 9.64 Å². The normalized spacial score (nSPS) is 26.4. The third kappa shape index (κ3) is 3.33. The van der Waals surface area contributed by atoms with E-state index in [4.69, 9.17) is 4.74 Å². The lowest BCUT2D eigenvalue weighted by Crippen LogP contribution is -2.38. The number of benzene rings is 1.